The van der Waals surface area contributed by atoms with Gasteiger partial charge in [-0.3, -0.25) is 0 Å². The van der Waals surface area contributed by atoms with E-state index in [0.717, 1.165) is 18.4 Å². The number of methoxy groups -OCH3 is 1. The van der Waals surface area contributed by atoms with Gasteiger partial charge in [-0.25, -0.2) is 8.42 Å². The van der Waals surface area contributed by atoms with Crippen LogP contribution in [0.2, 0.25) is 0 Å². The molecule has 5 heteroatoms. The molecule has 0 aliphatic heterocycles. The van der Waals surface area contributed by atoms with Gasteiger partial charge < -0.3 is 4.74 Å². The van der Waals surface area contributed by atoms with Crippen molar-refractivity contribution in [2.24, 2.45) is 0 Å². The second kappa shape index (κ2) is 5.74. The maximum absolute atomic E-state index is 13.0. The van der Waals surface area contributed by atoms with Crippen LogP contribution in [0.4, 0.5) is 0 Å². The van der Waals surface area contributed by atoms with Crippen LogP contribution in [0.3, 0.4) is 0 Å². The van der Waals surface area contributed by atoms with Crippen LogP contribution in [0.1, 0.15) is 23.6 Å². The van der Waals surface area contributed by atoms with Gasteiger partial charge in [-0.2, -0.15) is 4.31 Å². The number of hydrogen-bond donors (Lipinski definition) is 0. The summed E-state index contributed by atoms with van der Waals surface area (Å²) in [6.07, 6.45) is 1.72. The molecule has 1 aliphatic carbocycles. The summed E-state index contributed by atoms with van der Waals surface area (Å²) in [5, 5.41) is 0. The lowest BCUT2D eigenvalue weighted by atomic mass is 10.1. The number of benzene rings is 2. The molecule has 0 saturated carbocycles. The second-order valence-corrected chi connectivity index (χ2v) is 7.39. The molecule has 3 rings (SSSR count). The lowest BCUT2D eigenvalue weighted by molar-refractivity contribution is 0.366. The van der Waals surface area contributed by atoms with Gasteiger partial charge in [0.05, 0.1) is 13.2 Å². The molecule has 2 aromatic carbocycles. The van der Waals surface area contributed by atoms with Gasteiger partial charge in [0, 0.05) is 7.05 Å². The molecule has 1 aliphatic rings. The van der Waals surface area contributed by atoms with Crippen molar-refractivity contribution in [3.8, 4) is 5.75 Å². The van der Waals surface area contributed by atoms with E-state index in [0.29, 0.717) is 5.75 Å². The van der Waals surface area contributed by atoms with Gasteiger partial charge in [0.15, 0.2) is 0 Å². The van der Waals surface area contributed by atoms with Crippen molar-refractivity contribution in [1.29, 1.82) is 0 Å². The number of ether oxygens (including phenoxy) is 1. The predicted octanol–water partition coefficient (Wildman–Crippen LogP) is 3.00. The van der Waals surface area contributed by atoms with Crippen molar-refractivity contribution in [2.45, 2.75) is 23.8 Å². The van der Waals surface area contributed by atoms with Crippen LogP contribution >= 0.6 is 0 Å². The van der Waals surface area contributed by atoms with Crippen molar-refractivity contribution in [2.75, 3.05) is 14.2 Å². The van der Waals surface area contributed by atoms with E-state index >= 15 is 0 Å². The average molecular weight is 317 g/mol. The molecule has 0 aromatic heterocycles. The highest BCUT2D eigenvalue weighted by Gasteiger charge is 2.34. The van der Waals surface area contributed by atoms with Crippen molar-refractivity contribution in [1.82, 2.24) is 4.31 Å². The highest BCUT2D eigenvalue weighted by molar-refractivity contribution is 7.89. The number of rotatable bonds is 4. The zero-order valence-corrected chi connectivity index (χ0v) is 13.5. The zero-order chi connectivity index (χ0) is 15.7. The van der Waals surface area contributed by atoms with Gasteiger partial charge >= 0.3 is 0 Å². The summed E-state index contributed by atoms with van der Waals surface area (Å²) < 4.78 is 32.6. The molecule has 1 atom stereocenters. The SMILES string of the molecule is COc1ccccc1S(=O)(=O)N(C)C1CCc2ccccc21. The molecule has 1 unspecified atom stereocenters. The van der Waals surface area contributed by atoms with E-state index < -0.39 is 10.0 Å². The molecule has 0 spiro atoms. The van der Waals surface area contributed by atoms with E-state index in [2.05, 4.69) is 6.07 Å². The summed E-state index contributed by atoms with van der Waals surface area (Å²) in [6.45, 7) is 0. The normalized spacial score (nSPS) is 17.5. The maximum Gasteiger partial charge on any atom is 0.247 e. The Balaban J connectivity index is 2.00. The Morgan fingerprint density at radius 2 is 1.77 bits per heavy atom. The topological polar surface area (TPSA) is 46.6 Å². The van der Waals surface area contributed by atoms with Crippen molar-refractivity contribution in [3.63, 3.8) is 0 Å². The molecule has 0 fully saturated rings. The van der Waals surface area contributed by atoms with Gasteiger partial charge in [0.1, 0.15) is 10.6 Å². The van der Waals surface area contributed by atoms with Crippen LogP contribution in [0.5, 0.6) is 5.75 Å². The molecule has 2 aromatic rings. The molecular weight excluding hydrogens is 298 g/mol. The van der Waals surface area contributed by atoms with Crippen LogP contribution in [0.25, 0.3) is 0 Å². The van der Waals surface area contributed by atoms with Crippen LogP contribution in [0, 0.1) is 0 Å². The minimum atomic E-state index is -3.60. The van der Waals surface area contributed by atoms with Gasteiger partial charge in [-0.1, -0.05) is 36.4 Å². The van der Waals surface area contributed by atoms with Crippen molar-refractivity contribution < 1.29 is 13.2 Å². The molecule has 0 saturated heterocycles. The summed E-state index contributed by atoms with van der Waals surface area (Å²) in [5.74, 6) is 0.376. The van der Waals surface area contributed by atoms with Crippen LogP contribution < -0.4 is 4.74 Å². The average Bonchev–Trinajstić information content (AvgIpc) is 2.98. The third kappa shape index (κ3) is 2.40. The number of hydrogen-bond acceptors (Lipinski definition) is 3. The van der Waals surface area contributed by atoms with Gasteiger partial charge in [0.25, 0.3) is 0 Å². The minimum Gasteiger partial charge on any atom is -0.495 e. The van der Waals surface area contributed by atoms with Crippen molar-refractivity contribution >= 4 is 10.0 Å². The first kappa shape index (κ1) is 15.1. The lowest BCUT2D eigenvalue weighted by Crippen LogP contribution is -2.30. The lowest BCUT2D eigenvalue weighted by Gasteiger charge is -2.25. The number of para-hydroxylation sites is 1. The fraction of sp³-hybridized carbons (Fsp3) is 0.294. The first-order chi connectivity index (χ1) is 10.6. The number of nitrogens with zero attached hydrogens (tertiary/aromatic N) is 1. The molecule has 0 N–H and O–H groups in total. The Hall–Kier alpha value is -1.85. The maximum atomic E-state index is 13.0. The highest BCUT2D eigenvalue weighted by atomic mass is 32.2. The van der Waals surface area contributed by atoms with Crippen LogP contribution in [-0.2, 0) is 16.4 Å². The van der Waals surface area contributed by atoms with E-state index in [4.69, 9.17) is 4.74 Å². The Morgan fingerprint density at radius 3 is 2.55 bits per heavy atom. The first-order valence-corrected chi connectivity index (χ1v) is 8.68. The zero-order valence-electron chi connectivity index (χ0n) is 12.7. The third-order valence-corrected chi connectivity index (χ3v) is 6.17. The summed E-state index contributed by atoms with van der Waals surface area (Å²) in [5.41, 5.74) is 2.33. The number of sulfonamides is 1. The smallest absolute Gasteiger partial charge is 0.247 e. The Bertz CT molecular complexity index is 786. The summed E-state index contributed by atoms with van der Waals surface area (Å²) in [6, 6.07) is 14.7. The Kier molecular flexibility index (Phi) is 3.93. The van der Waals surface area contributed by atoms with E-state index in [1.807, 2.05) is 18.2 Å². The molecule has 22 heavy (non-hydrogen) atoms. The quantitative estimate of drug-likeness (QED) is 0.871. The summed E-state index contributed by atoms with van der Waals surface area (Å²) in [7, 11) is -0.467. The van der Waals surface area contributed by atoms with Crippen LogP contribution in [-0.4, -0.2) is 26.9 Å². The van der Waals surface area contributed by atoms with E-state index in [-0.39, 0.29) is 10.9 Å². The Labute approximate surface area is 131 Å². The molecule has 4 nitrogen and oxygen atoms in total. The molecule has 0 bridgehead atoms. The molecular formula is C17H19NO3S. The highest BCUT2D eigenvalue weighted by Crippen LogP contribution is 2.38. The molecule has 0 amide bonds. The molecule has 116 valence electrons. The second-order valence-electron chi connectivity index (χ2n) is 5.43. The molecule has 0 heterocycles. The Morgan fingerprint density at radius 1 is 1.09 bits per heavy atom. The minimum absolute atomic E-state index is 0.119. The van der Waals surface area contributed by atoms with Gasteiger partial charge in [-0.15, -0.1) is 0 Å². The summed E-state index contributed by atoms with van der Waals surface area (Å²) >= 11 is 0. The van der Waals surface area contributed by atoms with Gasteiger partial charge in [-0.05, 0) is 36.1 Å². The van der Waals surface area contributed by atoms with E-state index in [9.17, 15) is 8.42 Å². The summed E-state index contributed by atoms with van der Waals surface area (Å²) in [4.78, 5) is 0.212. The number of fused-ring (bicyclic) bond motifs is 1. The third-order valence-electron chi connectivity index (χ3n) is 4.27. The first-order valence-electron chi connectivity index (χ1n) is 7.24. The fourth-order valence-electron chi connectivity index (χ4n) is 3.07. The largest absolute Gasteiger partial charge is 0.495 e. The van der Waals surface area contributed by atoms with Crippen LogP contribution in [0.15, 0.2) is 53.4 Å². The van der Waals surface area contributed by atoms with Gasteiger partial charge in [0.2, 0.25) is 10.0 Å². The van der Waals surface area contributed by atoms with E-state index in [1.54, 1.807) is 31.3 Å². The number of aryl methyl sites for hydroxylation is 1. The van der Waals surface area contributed by atoms with Crippen molar-refractivity contribution in [3.05, 3.63) is 59.7 Å². The van der Waals surface area contributed by atoms with E-state index in [1.165, 1.54) is 17.0 Å². The monoisotopic (exact) mass is 317 g/mol. The molecule has 0 radical (unpaired) electrons. The predicted molar refractivity (Wildman–Crippen MR) is 85.4 cm³/mol. The fourth-order valence-corrected chi connectivity index (χ4v) is 4.59. The standard InChI is InChI=1S/C17H19NO3S/c1-18(15-12-11-13-7-3-4-8-14(13)15)22(19,20)17-10-6-5-9-16(17)21-2/h3-10,15H,11-12H2,1-2H3.